The van der Waals surface area contributed by atoms with Gasteiger partial charge >= 0.3 is 5.97 Å². The van der Waals surface area contributed by atoms with Crippen LogP contribution in [0.15, 0.2) is 48.7 Å². The molecule has 0 spiro atoms. The SMILES string of the molecule is O=C(/C=C/c1cccc(F)c1)OCC(=O)c1ccc[nH]1. The quantitative estimate of drug-likeness (QED) is 0.517. The van der Waals surface area contributed by atoms with Gasteiger partial charge in [-0.2, -0.15) is 0 Å². The van der Waals surface area contributed by atoms with Crippen LogP contribution >= 0.6 is 0 Å². The summed E-state index contributed by atoms with van der Waals surface area (Å²) in [5.41, 5.74) is 0.921. The first-order chi connectivity index (χ1) is 9.65. The Morgan fingerprint density at radius 3 is 2.80 bits per heavy atom. The lowest BCUT2D eigenvalue weighted by Gasteiger charge is -1.99. The number of nitrogens with one attached hydrogen (secondary N) is 1. The molecule has 102 valence electrons. The minimum atomic E-state index is -0.658. The second-order valence-corrected chi connectivity index (χ2v) is 4.00. The van der Waals surface area contributed by atoms with Crippen molar-refractivity contribution in [3.63, 3.8) is 0 Å². The standard InChI is InChI=1S/C15H12FNO3/c16-12-4-1-3-11(9-12)6-7-15(19)20-10-14(18)13-5-2-8-17-13/h1-9,17H,10H2/b7-6+. The number of ketones is 1. The Balaban J connectivity index is 1.85. The van der Waals surface area contributed by atoms with Crippen molar-refractivity contribution in [2.24, 2.45) is 0 Å². The third kappa shape index (κ3) is 3.91. The van der Waals surface area contributed by atoms with Crippen LogP contribution in [0.2, 0.25) is 0 Å². The van der Waals surface area contributed by atoms with Crippen molar-refractivity contribution in [3.8, 4) is 0 Å². The molecule has 1 aromatic heterocycles. The highest BCUT2D eigenvalue weighted by atomic mass is 19.1. The summed E-state index contributed by atoms with van der Waals surface area (Å²) in [4.78, 5) is 25.7. The van der Waals surface area contributed by atoms with Crippen molar-refractivity contribution in [1.82, 2.24) is 4.98 Å². The molecule has 0 aliphatic heterocycles. The monoisotopic (exact) mass is 273 g/mol. The van der Waals surface area contributed by atoms with Crippen molar-refractivity contribution in [3.05, 3.63) is 65.7 Å². The summed E-state index contributed by atoms with van der Waals surface area (Å²) in [7, 11) is 0. The maximum Gasteiger partial charge on any atom is 0.331 e. The summed E-state index contributed by atoms with van der Waals surface area (Å²) in [5, 5.41) is 0. The summed E-state index contributed by atoms with van der Waals surface area (Å²) in [6.45, 7) is -0.340. The van der Waals surface area contributed by atoms with Gasteiger partial charge in [0, 0.05) is 12.3 Å². The number of aromatic amines is 1. The molecule has 0 unspecified atom stereocenters. The number of aromatic nitrogens is 1. The minimum absolute atomic E-state index is 0.317. The molecule has 20 heavy (non-hydrogen) atoms. The van der Waals surface area contributed by atoms with E-state index in [0.717, 1.165) is 6.08 Å². The fraction of sp³-hybridized carbons (Fsp3) is 0.0667. The molecule has 2 aromatic rings. The molecule has 0 aliphatic rings. The lowest BCUT2D eigenvalue weighted by atomic mass is 10.2. The lowest BCUT2D eigenvalue weighted by molar-refractivity contribution is -0.136. The van der Waals surface area contributed by atoms with E-state index in [-0.39, 0.29) is 18.2 Å². The van der Waals surface area contributed by atoms with Crippen molar-refractivity contribution in [1.29, 1.82) is 0 Å². The number of ether oxygens (including phenoxy) is 1. The summed E-state index contributed by atoms with van der Waals surface area (Å²) < 4.78 is 17.7. The number of carbonyl (C=O) groups excluding carboxylic acids is 2. The molecule has 1 N–H and O–H groups in total. The molecule has 0 radical (unpaired) electrons. The smallest absolute Gasteiger partial charge is 0.331 e. The number of carbonyl (C=O) groups is 2. The van der Waals surface area contributed by atoms with Gasteiger partial charge in [0.05, 0.1) is 5.69 Å². The maximum atomic E-state index is 12.9. The van der Waals surface area contributed by atoms with E-state index in [0.29, 0.717) is 11.3 Å². The van der Waals surface area contributed by atoms with E-state index < -0.39 is 5.97 Å². The van der Waals surface area contributed by atoms with Gasteiger partial charge in [-0.25, -0.2) is 9.18 Å². The van der Waals surface area contributed by atoms with Gasteiger partial charge in [0.25, 0.3) is 0 Å². The van der Waals surface area contributed by atoms with E-state index in [9.17, 15) is 14.0 Å². The number of hydrogen-bond donors (Lipinski definition) is 1. The van der Waals surface area contributed by atoms with E-state index in [1.165, 1.54) is 24.3 Å². The number of rotatable bonds is 5. The van der Waals surface area contributed by atoms with E-state index in [4.69, 9.17) is 4.74 Å². The fourth-order valence-corrected chi connectivity index (χ4v) is 1.54. The van der Waals surface area contributed by atoms with Gasteiger partial charge in [0.15, 0.2) is 6.61 Å². The highest BCUT2D eigenvalue weighted by Gasteiger charge is 2.08. The molecule has 0 bridgehead atoms. The fourth-order valence-electron chi connectivity index (χ4n) is 1.54. The molecule has 4 nitrogen and oxygen atoms in total. The summed E-state index contributed by atoms with van der Waals surface area (Å²) in [5.74, 6) is -1.36. The van der Waals surface area contributed by atoms with Crippen LogP contribution in [-0.4, -0.2) is 23.3 Å². The zero-order chi connectivity index (χ0) is 14.4. The molecule has 2 rings (SSSR count). The number of H-pyrrole nitrogens is 1. The Morgan fingerprint density at radius 2 is 2.10 bits per heavy atom. The van der Waals surface area contributed by atoms with Crippen molar-refractivity contribution in [2.45, 2.75) is 0 Å². The van der Waals surface area contributed by atoms with Gasteiger partial charge in [0.1, 0.15) is 5.82 Å². The third-order valence-corrected chi connectivity index (χ3v) is 2.50. The van der Waals surface area contributed by atoms with Crippen molar-refractivity contribution < 1.29 is 18.7 Å². The molecule has 0 atom stereocenters. The van der Waals surface area contributed by atoms with E-state index in [1.807, 2.05) is 0 Å². The first kappa shape index (κ1) is 13.7. The summed E-state index contributed by atoms with van der Waals surface area (Å²) in [6.07, 6.45) is 4.18. The highest BCUT2D eigenvalue weighted by molar-refractivity contribution is 5.97. The Morgan fingerprint density at radius 1 is 1.25 bits per heavy atom. The van der Waals surface area contributed by atoms with Crippen LogP contribution in [0, 0.1) is 5.82 Å². The topological polar surface area (TPSA) is 59.2 Å². The second kappa shape index (κ2) is 6.47. The first-order valence-electron chi connectivity index (χ1n) is 5.92. The van der Waals surface area contributed by atoms with E-state index >= 15 is 0 Å². The number of benzene rings is 1. The van der Waals surface area contributed by atoms with Gasteiger partial charge < -0.3 is 9.72 Å². The zero-order valence-corrected chi connectivity index (χ0v) is 10.5. The lowest BCUT2D eigenvalue weighted by Crippen LogP contribution is -2.12. The molecule has 0 saturated carbocycles. The second-order valence-electron chi connectivity index (χ2n) is 4.00. The molecule has 0 aliphatic carbocycles. The molecule has 0 saturated heterocycles. The van der Waals surface area contributed by atoms with Gasteiger partial charge in [-0.1, -0.05) is 12.1 Å². The molecule has 1 aromatic carbocycles. The van der Waals surface area contributed by atoms with Gasteiger partial charge in [0.2, 0.25) is 5.78 Å². The molecular weight excluding hydrogens is 261 g/mol. The van der Waals surface area contributed by atoms with Crippen LogP contribution in [0.25, 0.3) is 6.08 Å². The Hall–Kier alpha value is -2.69. The highest BCUT2D eigenvalue weighted by Crippen LogP contribution is 2.05. The van der Waals surface area contributed by atoms with Crippen molar-refractivity contribution >= 4 is 17.8 Å². The average molecular weight is 273 g/mol. The largest absolute Gasteiger partial charge is 0.454 e. The zero-order valence-electron chi connectivity index (χ0n) is 10.5. The van der Waals surface area contributed by atoms with Crippen LogP contribution in [0.1, 0.15) is 16.1 Å². The van der Waals surface area contributed by atoms with Crippen molar-refractivity contribution in [2.75, 3.05) is 6.61 Å². The number of halogens is 1. The number of esters is 1. The average Bonchev–Trinajstić information content (AvgIpc) is 2.97. The Labute approximate surface area is 114 Å². The first-order valence-corrected chi connectivity index (χ1v) is 5.92. The van der Waals surface area contributed by atoms with Gasteiger partial charge in [-0.05, 0) is 35.9 Å². The Bertz CT molecular complexity index is 632. The Kier molecular flexibility index (Phi) is 4.44. The van der Waals surface area contributed by atoms with Crippen LogP contribution in [0.4, 0.5) is 4.39 Å². The van der Waals surface area contributed by atoms with Crippen LogP contribution in [0.3, 0.4) is 0 Å². The van der Waals surface area contributed by atoms with Crippen LogP contribution < -0.4 is 0 Å². The molecule has 0 fully saturated rings. The summed E-state index contributed by atoms with van der Waals surface area (Å²) >= 11 is 0. The summed E-state index contributed by atoms with van der Waals surface area (Å²) in [6, 6.07) is 9.06. The molecule has 5 heteroatoms. The van der Waals surface area contributed by atoms with E-state index in [1.54, 1.807) is 24.4 Å². The van der Waals surface area contributed by atoms with Gasteiger partial charge in [-0.3, -0.25) is 4.79 Å². The van der Waals surface area contributed by atoms with Crippen LogP contribution in [-0.2, 0) is 9.53 Å². The van der Waals surface area contributed by atoms with Crippen LogP contribution in [0.5, 0.6) is 0 Å². The number of hydrogen-bond acceptors (Lipinski definition) is 3. The molecular formula is C15H12FNO3. The molecule has 0 amide bonds. The maximum absolute atomic E-state index is 12.9. The van der Waals surface area contributed by atoms with E-state index in [2.05, 4.69) is 4.98 Å². The number of Topliss-reactive ketones (excluding diaryl/α,β-unsaturated/α-hetero) is 1. The predicted molar refractivity (Wildman–Crippen MR) is 71.5 cm³/mol. The predicted octanol–water partition coefficient (Wildman–Crippen LogP) is 2.59. The normalized spacial score (nSPS) is 10.7. The third-order valence-electron chi connectivity index (χ3n) is 2.50. The minimum Gasteiger partial charge on any atom is -0.454 e. The molecule has 1 heterocycles. The van der Waals surface area contributed by atoms with Gasteiger partial charge in [-0.15, -0.1) is 0 Å².